The van der Waals surface area contributed by atoms with E-state index in [-0.39, 0.29) is 12.5 Å². The first-order chi connectivity index (χ1) is 10.1. The van der Waals surface area contributed by atoms with Crippen LogP contribution in [-0.2, 0) is 21.4 Å². The minimum atomic E-state index is -3.45. The third-order valence-corrected chi connectivity index (χ3v) is 4.86. The lowest BCUT2D eigenvalue weighted by Gasteiger charge is -2.34. The average molecular weight is 326 g/mol. The maximum absolute atomic E-state index is 12.5. The Morgan fingerprint density at radius 3 is 2.09 bits per heavy atom. The van der Waals surface area contributed by atoms with E-state index < -0.39 is 15.6 Å². The summed E-state index contributed by atoms with van der Waals surface area (Å²) in [5, 5.41) is 0. The maximum Gasteiger partial charge on any atom is 0.238 e. The van der Waals surface area contributed by atoms with Crippen LogP contribution >= 0.6 is 0 Å². The summed E-state index contributed by atoms with van der Waals surface area (Å²) in [6.07, 6.45) is 1.14. The van der Waals surface area contributed by atoms with E-state index in [9.17, 15) is 13.2 Å². The molecule has 0 spiro atoms. The van der Waals surface area contributed by atoms with Gasteiger partial charge in [0.15, 0.2) is 0 Å². The van der Waals surface area contributed by atoms with Crippen molar-refractivity contribution in [2.45, 2.75) is 39.8 Å². The van der Waals surface area contributed by atoms with E-state index >= 15 is 0 Å². The molecule has 5 nitrogen and oxygen atoms in total. The van der Waals surface area contributed by atoms with Gasteiger partial charge in [0, 0.05) is 18.6 Å². The number of sulfonamides is 1. The second-order valence-corrected chi connectivity index (χ2v) is 8.24. The molecule has 0 aliphatic heterocycles. The number of carbonyl (C=O) groups excluding carboxylic acids is 1. The van der Waals surface area contributed by atoms with Crippen LogP contribution in [0.15, 0.2) is 30.3 Å². The SMILES string of the molecule is CCN(Cc1ccccc1)C(=O)CN(C(C)(C)C)S(C)(=O)=O. The highest BCUT2D eigenvalue weighted by Gasteiger charge is 2.32. The molecular weight excluding hydrogens is 300 g/mol. The van der Waals surface area contributed by atoms with Crippen LogP contribution in [0.5, 0.6) is 0 Å². The van der Waals surface area contributed by atoms with Crippen molar-refractivity contribution in [2.75, 3.05) is 19.3 Å². The number of benzene rings is 1. The van der Waals surface area contributed by atoms with Gasteiger partial charge < -0.3 is 4.90 Å². The third kappa shape index (κ3) is 5.42. The van der Waals surface area contributed by atoms with Crippen molar-refractivity contribution in [3.63, 3.8) is 0 Å². The summed E-state index contributed by atoms with van der Waals surface area (Å²) in [7, 11) is -3.45. The predicted octanol–water partition coefficient (Wildman–Crippen LogP) is 2.10. The van der Waals surface area contributed by atoms with Gasteiger partial charge in [-0.3, -0.25) is 4.79 Å². The highest BCUT2D eigenvalue weighted by atomic mass is 32.2. The van der Waals surface area contributed by atoms with Crippen LogP contribution in [0.25, 0.3) is 0 Å². The van der Waals surface area contributed by atoms with E-state index in [0.717, 1.165) is 11.8 Å². The zero-order valence-electron chi connectivity index (χ0n) is 14.0. The molecule has 6 heteroatoms. The fourth-order valence-electron chi connectivity index (χ4n) is 2.25. The van der Waals surface area contributed by atoms with E-state index in [4.69, 9.17) is 0 Å². The van der Waals surface area contributed by atoms with Gasteiger partial charge in [-0.2, -0.15) is 4.31 Å². The van der Waals surface area contributed by atoms with Gasteiger partial charge in [0.2, 0.25) is 15.9 Å². The Balaban J connectivity index is 2.88. The van der Waals surface area contributed by atoms with Crippen molar-refractivity contribution in [3.05, 3.63) is 35.9 Å². The number of hydrogen-bond donors (Lipinski definition) is 0. The van der Waals surface area contributed by atoms with E-state index in [1.165, 1.54) is 4.31 Å². The largest absolute Gasteiger partial charge is 0.338 e. The first-order valence-corrected chi connectivity index (χ1v) is 9.20. The molecular formula is C16H26N2O3S. The molecule has 0 saturated heterocycles. The molecule has 0 saturated carbocycles. The number of nitrogens with zero attached hydrogens (tertiary/aromatic N) is 2. The topological polar surface area (TPSA) is 57.7 Å². The highest BCUT2D eigenvalue weighted by molar-refractivity contribution is 7.88. The second-order valence-electron chi connectivity index (χ2n) is 6.33. The zero-order chi connectivity index (χ0) is 17.0. The number of carbonyl (C=O) groups is 1. The third-order valence-electron chi connectivity index (χ3n) is 3.38. The van der Waals surface area contributed by atoms with Crippen LogP contribution in [0.4, 0.5) is 0 Å². The van der Waals surface area contributed by atoms with Crippen LogP contribution in [0.2, 0.25) is 0 Å². The van der Waals surface area contributed by atoms with Crippen molar-refractivity contribution in [2.24, 2.45) is 0 Å². The van der Waals surface area contributed by atoms with E-state index in [2.05, 4.69) is 0 Å². The number of hydrogen-bond acceptors (Lipinski definition) is 3. The Morgan fingerprint density at radius 1 is 1.14 bits per heavy atom. The van der Waals surface area contributed by atoms with E-state index in [1.54, 1.807) is 25.7 Å². The van der Waals surface area contributed by atoms with Crippen LogP contribution < -0.4 is 0 Å². The summed E-state index contributed by atoms with van der Waals surface area (Å²) in [6, 6.07) is 9.67. The average Bonchev–Trinajstić information content (AvgIpc) is 2.40. The predicted molar refractivity (Wildman–Crippen MR) is 88.8 cm³/mol. The first-order valence-electron chi connectivity index (χ1n) is 7.35. The number of amides is 1. The van der Waals surface area contributed by atoms with Crippen molar-refractivity contribution in [3.8, 4) is 0 Å². The molecule has 1 aromatic carbocycles. The van der Waals surface area contributed by atoms with Gasteiger partial charge in [-0.15, -0.1) is 0 Å². The summed E-state index contributed by atoms with van der Waals surface area (Å²) in [4.78, 5) is 14.2. The fourth-order valence-corrected chi connectivity index (χ4v) is 3.59. The number of likely N-dealkylation sites (N-methyl/N-ethyl adjacent to an activating group) is 1. The molecule has 1 amide bonds. The van der Waals surface area contributed by atoms with Gasteiger partial charge in [0.25, 0.3) is 0 Å². The molecule has 0 unspecified atom stereocenters. The van der Waals surface area contributed by atoms with Gasteiger partial charge in [-0.05, 0) is 33.3 Å². The molecule has 0 aliphatic rings. The van der Waals surface area contributed by atoms with Crippen LogP contribution in [0.1, 0.15) is 33.3 Å². The molecule has 22 heavy (non-hydrogen) atoms. The highest BCUT2D eigenvalue weighted by Crippen LogP contribution is 2.17. The standard InChI is InChI=1S/C16H26N2O3S/c1-6-17(12-14-10-8-7-9-11-14)15(19)13-18(16(2,3)4)22(5,20)21/h7-11H,6,12-13H2,1-5H3. The lowest BCUT2D eigenvalue weighted by molar-refractivity contribution is -0.132. The van der Waals surface area contributed by atoms with Crippen molar-refractivity contribution >= 4 is 15.9 Å². The van der Waals surface area contributed by atoms with Crippen LogP contribution in [0, 0.1) is 0 Å². The summed E-state index contributed by atoms with van der Waals surface area (Å²) in [5.41, 5.74) is 0.398. The van der Waals surface area contributed by atoms with Gasteiger partial charge in [-0.25, -0.2) is 8.42 Å². The molecule has 0 heterocycles. The Kier molecular flexibility index (Phi) is 6.14. The summed E-state index contributed by atoms with van der Waals surface area (Å²) in [5.74, 6) is -0.188. The minimum Gasteiger partial charge on any atom is -0.338 e. The van der Waals surface area contributed by atoms with E-state index in [1.807, 2.05) is 37.3 Å². The van der Waals surface area contributed by atoms with Crippen LogP contribution in [-0.4, -0.2) is 48.4 Å². The van der Waals surface area contributed by atoms with Gasteiger partial charge >= 0.3 is 0 Å². The normalized spacial score (nSPS) is 12.5. The monoisotopic (exact) mass is 326 g/mol. The molecule has 0 atom stereocenters. The van der Waals surface area contributed by atoms with Crippen molar-refractivity contribution < 1.29 is 13.2 Å². The molecule has 0 N–H and O–H groups in total. The van der Waals surface area contributed by atoms with Crippen molar-refractivity contribution in [1.29, 1.82) is 0 Å². The summed E-state index contributed by atoms with van der Waals surface area (Å²) < 4.78 is 25.1. The molecule has 0 radical (unpaired) electrons. The minimum absolute atomic E-state index is 0.136. The Bertz CT molecular complexity index is 592. The maximum atomic E-state index is 12.5. The Morgan fingerprint density at radius 2 is 1.68 bits per heavy atom. The van der Waals surface area contributed by atoms with Gasteiger partial charge in [0.05, 0.1) is 12.8 Å². The first kappa shape index (κ1) is 18.6. The Labute approximate surface area is 134 Å². The molecule has 0 fully saturated rings. The lowest BCUT2D eigenvalue weighted by atomic mass is 10.1. The smallest absolute Gasteiger partial charge is 0.238 e. The molecule has 0 aliphatic carbocycles. The Hall–Kier alpha value is -1.40. The number of rotatable bonds is 6. The molecule has 0 aromatic heterocycles. The van der Waals surface area contributed by atoms with Crippen molar-refractivity contribution in [1.82, 2.24) is 9.21 Å². The molecule has 0 bridgehead atoms. The molecule has 1 aromatic rings. The zero-order valence-corrected chi connectivity index (χ0v) is 14.9. The quantitative estimate of drug-likeness (QED) is 0.804. The molecule has 1 rings (SSSR count). The van der Waals surface area contributed by atoms with Gasteiger partial charge in [-0.1, -0.05) is 30.3 Å². The summed E-state index contributed by atoms with van der Waals surface area (Å²) >= 11 is 0. The molecule has 124 valence electrons. The van der Waals surface area contributed by atoms with Gasteiger partial charge in [0.1, 0.15) is 0 Å². The fraction of sp³-hybridized carbons (Fsp3) is 0.562. The lowest BCUT2D eigenvalue weighted by Crippen LogP contribution is -2.50. The summed E-state index contributed by atoms with van der Waals surface area (Å²) in [6.45, 7) is 8.14. The van der Waals surface area contributed by atoms with E-state index in [0.29, 0.717) is 13.1 Å². The van der Waals surface area contributed by atoms with Crippen LogP contribution in [0.3, 0.4) is 0 Å². The second kappa shape index (κ2) is 7.24.